The van der Waals surface area contributed by atoms with Crippen LogP contribution in [0.3, 0.4) is 0 Å². The molecule has 0 unspecified atom stereocenters. The highest BCUT2D eigenvalue weighted by Gasteiger charge is 2.23. The number of carboxylic acid groups (broad SMARTS) is 1. The molecule has 0 saturated carbocycles. The molecule has 5 rings (SSSR count). The largest absolute Gasteiger partial charge is 0.481 e. The summed E-state index contributed by atoms with van der Waals surface area (Å²) < 4.78 is 0. The number of aliphatic imine (C=N–C) groups is 1. The Balaban J connectivity index is 1.33. The van der Waals surface area contributed by atoms with Crippen molar-refractivity contribution in [3.8, 4) is 11.3 Å². The zero-order valence-corrected chi connectivity index (χ0v) is 23.6. The predicted octanol–water partition coefficient (Wildman–Crippen LogP) is 5.91. The highest BCUT2D eigenvalue weighted by molar-refractivity contribution is 6.30. The average Bonchev–Trinajstić information content (AvgIpc) is 2.99. The van der Waals surface area contributed by atoms with Gasteiger partial charge in [-0.1, -0.05) is 35.9 Å². The summed E-state index contributed by atoms with van der Waals surface area (Å²) in [6.07, 6.45) is 1.92. The Bertz CT molecular complexity index is 1550. The number of nitrogens with zero attached hydrogens (tertiary/aromatic N) is 5. The van der Waals surface area contributed by atoms with Gasteiger partial charge in [0.1, 0.15) is 0 Å². The van der Waals surface area contributed by atoms with Crippen LogP contribution in [0.1, 0.15) is 40.9 Å². The van der Waals surface area contributed by atoms with Crippen molar-refractivity contribution < 1.29 is 14.7 Å². The van der Waals surface area contributed by atoms with Crippen molar-refractivity contribution in [2.24, 2.45) is 4.99 Å². The van der Waals surface area contributed by atoms with E-state index < -0.39 is 5.97 Å². The molecule has 1 saturated heterocycles. The summed E-state index contributed by atoms with van der Waals surface area (Å²) in [6.45, 7) is 6.92. The van der Waals surface area contributed by atoms with Gasteiger partial charge in [0, 0.05) is 54.4 Å². The fourth-order valence-electron chi connectivity index (χ4n) is 5.10. The number of carbonyl (C=O) groups excluding carboxylic acids is 1. The molecule has 1 amide bonds. The Morgan fingerprint density at radius 3 is 2.32 bits per heavy atom. The fraction of sp³-hybridized carbons (Fsp3) is 0.281. The molecule has 0 radical (unpaired) electrons. The van der Waals surface area contributed by atoms with Gasteiger partial charge in [-0.15, -0.1) is 0 Å². The predicted molar refractivity (Wildman–Crippen MR) is 163 cm³/mol. The van der Waals surface area contributed by atoms with Crippen LogP contribution in [0.15, 0.2) is 71.7 Å². The lowest BCUT2D eigenvalue weighted by Crippen LogP contribution is -2.48. The zero-order chi connectivity index (χ0) is 28.8. The Kier molecular flexibility index (Phi) is 8.89. The molecule has 1 aliphatic heterocycles. The van der Waals surface area contributed by atoms with Crippen LogP contribution in [0.25, 0.3) is 22.3 Å². The van der Waals surface area contributed by atoms with Gasteiger partial charge in [-0.25, -0.2) is 9.97 Å². The minimum atomic E-state index is -0.810. The first-order valence-corrected chi connectivity index (χ1v) is 14.1. The van der Waals surface area contributed by atoms with Gasteiger partial charge in [0.2, 0.25) is 0 Å². The van der Waals surface area contributed by atoms with Crippen molar-refractivity contribution in [1.29, 1.82) is 0 Å². The number of halogens is 1. The van der Waals surface area contributed by atoms with Crippen LogP contribution in [-0.4, -0.2) is 64.7 Å². The van der Waals surface area contributed by atoms with E-state index in [1.807, 2.05) is 47.4 Å². The van der Waals surface area contributed by atoms with Crippen molar-refractivity contribution in [2.75, 3.05) is 31.1 Å². The van der Waals surface area contributed by atoms with E-state index in [1.165, 1.54) is 0 Å². The molecule has 4 aromatic rings. The topological polar surface area (TPSA) is 99.0 Å². The number of carbonyl (C=O) groups is 2. The maximum absolute atomic E-state index is 13.5. The van der Waals surface area contributed by atoms with E-state index in [1.54, 1.807) is 0 Å². The lowest BCUT2D eigenvalue weighted by Gasteiger charge is -2.36. The molecule has 2 heterocycles. The maximum Gasteiger partial charge on any atom is 0.303 e. The van der Waals surface area contributed by atoms with Gasteiger partial charge in [0.25, 0.3) is 5.91 Å². The van der Waals surface area contributed by atoms with E-state index in [0.717, 1.165) is 41.3 Å². The molecule has 1 aromatic heterocycles. The standard InChI is InChI=1S/C32H32ClN5O3/c1-34-21-22-6-13-26(14-7-22)37-16-18-38(19-17-37)32(41)24-10-15-27-29(20-24)35-28(4-2-3-5-30(39)40)31(36-27)23-8-11-25(33)12-9-23/h6-15,20H,1-5,16-19,21H2,(H,39,40). The summed E-state index contributed by atoms with van der Waals surface area (Å²) in [6, 6.07) is 21.2. The van der Waals surface area contributed by atoms with Crippen LogP contribution in [0.5, 0.6) is 0 Å². The summed E-state index contributed by atoms with van der Waals surface area (Å²) in [5.74, 6) is -0.832. The lowest BCUT2D eigenvalue weighted by atomic mass is 10.0. The first-order chi connectivity index (χ1) is 19.9. The third-order valence-electron chi connectivity index (χ3n) is 7.32. The van der Waals surface area contributed by atoms with Crippen LogP contribution in [0.4, 0.5) is 5.69 Å². The van der Waals surface area contributed by atoms with E-state index >= 15 is 0 Å². The van der Waals surface area contributed by atoms with Crippen LogP contribution in [0, 0.1) is 0 Å². The number of aryl methyl sites for hydroxylation is 1. The summed E-state index contributed by atoms with van der Waals surface area (Å²) in [5.41, 5.74) is 6.60. The Morgan fingerprint density at radius 2 is 1.63 bits per heavy atom. The van der Waals surface area contributed by atoms with Crippen molar-refractivity contribution >= 4 is 46.9 Å². The van der Waals surface area contributed by atoms with Gasteiger partial charge in [0.05, 0.1) is 29.0 Å². The fourth-order valence-corrected chi connectivity index (χ4v) is 5.22. The van der Waals surface area contributed by atoms with Crippen LogP contribution in [0.2, 0.25) is 5.02 Å². The monoisotopic (exact) mass is 569 g/mol. The summed E-state index contributed by atoms with van der Waals surface area (Å²) in [5, 5.41) is 9.65. The number of piperazine rings is 1. The van der Waals surface area contributed by atoms with E-state index in [2.05, 4.69) is 40.9 Å². The Morgan fingerprint density at radius 1 is 0.902 bits per heavy atom. The van der Waals surface area contributed by atoms with Crippen molar-refractivity contribution in [1.82, 2.24) is 14.9 Å². The number of aromatic nitrogens is 2. The molecule has 1 fully saturated rings. The molecule has 1 N–H and O–H groups in total. The van der Waals surface area contributed by atoms with Gasteiger partial charge in [0.15, 0.2) is 0 Å². The van der Waals surface area contributed by atoms with E-state index in [4.69, 9.17) is 26.7 Å². The number of anilines is 1. The average molecular weight is 570 g/mol. The van der Waals surface area contributed by atoms with Crippen LogP contribution >= 0.6 is 11.6 Å². The zero-order valence-electron chi connectivity index (χ0n) is 22.8. The number of unbranched alkanes of at least 4 members (excludes halogenated alkanes) is 1. The molecule has 0 spiro atoms. The minimum absolute atomic E-state index is 0.0226. The normalized spacial score (nSPS) is 13.4. The second-order valence-electron chi connectivity index (χ2n) is 10.2. The first kappa shape index (κ1) is 28.2. The number of carboxylic acids is 1. The molecule has 0 atom stereocenters. The lowest BCUT2D eigenvalue weighted by molar-refractivity contribution is -0.137. The Labute approximate surface area is 244 Å². The number of hydrogen-bond donors (Lipinski definition) is 1. The van der Waals surface area contributed by atoms with Gasteiger partial charge < -0.3 is 14.9 Å². The Hall–Kier alpha value is -4.30. The van der Waals surface area contributed by atoms with Crippen molar-refractivity contribution in [2.45, 2.75) is 32.2 Å². The van der Waals surface area contributed by atoms with Gasteiger partial charge in [-0.2, -0.15) is 0 Å². The summed E-state index contributed by atoms with van der Waals surface area (Å²) in [7, 11) is 0. The van der Waals surface area contributed by atoms with E-state index in [9.17, 15) is 9.59 Å². The van der Waals surface area contributed by atoms with Gasteiger partial charge >= 0.3 is 5.97 Å². The molecular weight excluding hydrogens is 538 g/mol. The number of amides is 1. The smallest absolute Gasteiger partial charge is 0.303 e. The number of rotatable bonds is 10. The quantitative estimate of drug-likeness (QED) is 0.188. The SMILES string of the molecule is C=NCc1ccc(N2CCN(C(=O)c3ccc4nc(-c5ccc(Cl)cc5)c(CCCCC(=O)O)nc4c3)CC2)cc1. The summed E-state index contributed by atoms with van der Waals surface area (Å²) >= 11 is 6.10. The molecule has 1 aliphatic rings. The van der Waals surface area contributed by atoms with Gasteiger partial charge in [-0.05, 0) is 74.0 Å². The van der Waals surface area contributed by atoms with Gasteiger partial charge in [-0.3, -0.25) is 14.6 Å². The second-order valence-corrected chi connectivity index (χ2v) is 10.6. The van der Waals surface area contributed by atoms with Crippen molar-refractivity contribution in [3.63, 3.8) is 0 Å². The molecule has 41 heavy (non-hydrogen) atoms. The molecule has 8 nitrogen and oxygen atoms in total. The minimum Gasteiger partial charge on any atom is -0.481 e. The van der Waals surface area contributed by atoms with Crippen LogP contribution in [-0.2, 0) is 17.8 Å². The number of aliphatic carboxylic acids is 1. The highest BCUT2D eigenvalue weighted by atomic mass is 35.5. The third-order valence-corrected chi connectivity index (χ3v) is 7.57. The maximum atomic E-state index is 13.5. The molecule has 0 bridgehead atoms. The van der Waals surface area contributed by atoms with E-state index in [0.29, 0.717) is 60.5 Å². The number of benzene rings is 3. The molecule has 210 valence electrons. The number of hydrogen-bond acceptors (Lipinski definition) is 6. The molecule has 3 aromatic carbocycles. The first-order valence-electron chi connectivity index (χ1n) is 13.8. The van der Waals surface area contributed by atoms with E-state index in [-0.39, 0.29) is 12.3 Å². The molecular formula is C32H32ClN5O3. The second kappa shape index (κ2) is 12.9. The molecule has 9 heteroatoms. The van der Waals surface area contributed by atoms with Crippen LogP contribution < -0.4 is 4.90 Å². The third kappa shape index (κ3) is 6.89. The molecule has 0 aliphatic carbocycles. The van der Waals surface area contributed by atoms with Crippen molar-refractivity contribution in [3.05, 3.63) is 88.6 Å². The summed E-state index contributed by atoms with van der Waals surface area (Å²) in [4.78, 5) is 42.4. The number of fused-ring (bicyclic) bond motifs is 1. The highest BCUT2D eigenvalue weighted by Crippen LogP contribution is 2.27.